The van der Waals surface area contributed by atoms with E-state index in [9.17, 15) is 26.4 Å². The predicted molar refractivity (Wildman–Crippen MR) is 112 cm³/mol. The average Bonchev–Trinajstić information content (AvgIpc) is 3.07. The highest BCUT2D eigenvalue weighted by Gasteiger charge is 2.33. The number of pyridine rings is 2. The van der Waals surface area contributed by atoms with Crippen molar-refractivity contribution in [2.45, 2.75) is 18.0 Å². The molecule has 0 N–H and O–H groups in total. The van der Waals surface area contributed by atoms with Crippen molar-refractivity contribution in [3.05, 3.63) is 30.1 Å². The van der Waals surface area contributed by atoms with E-state index in [4.69, 9.17) is 0 Å². The molecule has 0 atom stereocenters. The Bertz CT molecular complexity index is 1300. The fourth-order valence-electron chi connectivity index (χ4n) is 3.04. The molecule has 32 heavy (non-hydrogen) atoms. The van der Waals surface area contributed by atoms with Crippen LogP contribution in [0.2, 0.25) is 0 Å². The lowest BCUT2D eigenvalue weighted by molar-refractivity contribution is -0.141. The zero-order valence-corrected chi connectivity index (χ0v) is 18.8. The lowest BCUT2D eigenvalue weighted by atomic mass is 10.3. The van der Waals surface area contributed by atoms with Crippen LogP contribution in [0.5, 0.6) is 0 Å². The van der Waals surface area contributed by atoms with Crippen LogP contribution in [0.25, 0.3) is 22.6 Å². The van der Waals surface area contributed by atoms with Gasteiger partial charge >= 0.3 is 12.2 Å². The number of imidazole rings is 1. The van der Waals surface area contributed by atoms with E-state index in [0.717, 1.165) is 12.3 Å². The molecule has 3 rings (SSSR count). The van der Waals surface area contributed by atoms with Gasteiger partial charge in [-0.15, -0.1) is 0 Å². The molecule has 0 aromatic carbocycles. The molecular formula is C19H21F3N6O3S. The van der Waals surface area contributed by atoms with Crippen molar-refractivity contribution >= 4 is 32.7 Å². The monoisotopic (exact) mass is 470 g/mol. The SMILES string of the molecule is CCS(=O)(=O)c1ccc(N(C)C(=O)N(C)C)nc1-c1nc2cc(C(F)(F)F)ncc2n1C. The average molecular weight is 470 g/mol. The van der Waals surface area contributed by atoms with Gasteiger partial charge < -0.3 is 9.47 Å². The molecular weight excluding hydrogens is 449 g/mol. The number of aryl methyl sites for hydroxylation is 1. The fourth-order valence-corrected chi connectivity index (χ4v) is 4.06. The fraction of sp³-hybridized carbons (Fsp3) is 0.368. The first kappa shape index (κ1) is 23.4. The highest BCUT2D eigenvalue weighted by atomic mass is 32.2. The van der Waals surface area contributed by atoms with E-state index in [1.54, 1.807) is 14.1 Å². The quantitative estimate of drug-likeness (QED) is 0.581. The molecule has 0 aliphatic carbocycles. The van der Waals surface area contributed by atoms with Crippen LogP contribution in [0.1, 0.15) is 12.6 Å². The third-order valence-corrected chi connectivity index (χ3v) is 6.60. The summed E-state index contributed by atoms with van der Waals surface area (Å²) in [4.78, 5) is 26.7. The number of urea groups is 1. The molecule has 3 heterocycles. The van der Waals surface area contributed by atoms with Crippen LogP contribution in [-0.2, 0) is 23.1 Å². The zero-order valence-electron chi connectivity index (χ0n) is 18.0. The van der Waals surface area contributed by atoms with Crippen molar-refractivity contribution in [1.82, 2.24) is 24.4 Å². The van der Waals surface area contributed by atoms with Crippen molar-refractivity contribution in [1.29, 1.82) is 0 Å². The molecule has 0 spiro atoms. The number of aromatic nitrogens is 4. The highest BCUT2D eigenvalue weighted by molar-refractivity contribution is 7.91. The Hall–Kier alpha value is -3.22. The molecule has 3 aromatic heterocycles. The summed E-state index contributed by atoms with van der Waals surface area (Å²) in [6, 6.07) is 3.09. The maximum atomic E-state index is 13.1. The smallest absolute Gasteiger partial charge is 0.330 e. The number of halogens is 3. The molecule has 0 fully saturated rings. The van der Waals surface area contributed by atoms with Gasteiger partial charge in [0, 0.05) is 28.2 Å². The topological polar surface area (TPSA) is 101 Å². The lowest BCUT2D eigenvalue weighted by Crippen LogP contribution is -2.36. The van der Waals surface area contributed by atoms with Crippen LogP contribution in [-0.4, -0.2) is 65.8 Å². The first-order valence-corrected chi connectivity index (χ1v) is 11.0. The van der Waals surface area contributed by atoms with Gasteiger partial charge in [0.1, 0.15) is 17.2 Å². The number of nitrogens with zero attached hydrogens (tertiary/aromatic N) is 6. The molecule has 3 aromatic rings. The van der Waals surface area contributed by atoms with E-state index in [1.807, 2.05) is 0 Å². The number of hydrogen-bond donors (Lipinski definition) is 0. The Labute approximate surface area is 182 Å². The summed E-state index contributed by atoms with van der Waals surface area (Å²) >= 11 is 0. The highest BCUT2D eigenvalue weighted by Crippen LogP contribution is 2.33. The molecule has 0 radical (unpaired) electrons. The molecule has 0 bridgehead atoms. The van der Waals surface area contributed by atoms with Gasteiger partial charge in [-0.3, -0.25) is 4.90 Å². The maximum absolute atomic E-state index is 13.1. The molecule has 13 heteroatoms. The second-order valence-corrected chi connectivity index (χ2v) is 9.45. The van der Waals surface area contributed by atoms with E-state index < -0.39 is 27.7 Å². The van der Waals surface area contributed by atoms with Gasteiger partial charge in [-0.25, -0.2) is 28.2 Å². The van der Waals surface area contributed by atoms with Crippen molar-refractivity contribution in [3.63, 3.8) is 0 Å². The molecule has 9 nitrogen and oxygen atoms in total. The number of amides is 2. The summed E-state index contributed by atoms with van der Waals surface area (Å²) in [5.41, 5.74) is -0.948. The van der Waals surface area contributed by atoms with Crippen LogP contribution in [0.4, 0.5) is 23.8 Å². The lowest BCUT2D eigenvalue weighted by Gasteiger charge is -2.22. The Morgan fingerprint density at radius 2 is 1.81 bits per heavy atom. The minimum Gasteiger partial charge on any atom is -0.330 e. The van der Waals surface area contributed by atoms with Gasteiger partial charge in [0.2, 0.25) is 0 Å². The number of carbonyl (C=O) groups is 1. The minimum absolute atomic E-state index is 0.0189. The largest absolute Gasteiger partial charge is 0.433 e. The molecule has 0 aliphatic rings. The number of sulfone groups is 1. The van der Waals surface area contributed by atoms with Crippen molar-refractivity contribution in [2.75, 3.05) is 31.8 Å². The first-order chi connectivity index (χ1) is 14.8. The molecule has 0 unspecified atom stereocenters. The summed E-state index contributed by atoms with van der Waals surface area (Å²) in [6.45, 7) is 1.46. The minimum atomic E-state index is -4.66. The standard InChI is InChI=1S/C19H21F3N6O3S/c1-6-32(30,31)13-7-8-15(28(5)18(29)26(2)3)25-16(13)17-24-11-9-14(19(20,21)22)23-10-12(11)27(17)4/h7-10H,6H2,1-5H3. The van der Waals surface area contributed by atoms with Gasteiger partial charge in [-0.1, -0.05) is 6.92 Å². The second kappa shape index (κ2) is 8.04. The second-order valence-electron chi connectivity index (χ2n) is 7.21. The normalized spacial score (nSPS) is 12.2. The van der Waals surface area contributed by atoms with Crippen molar-refractivity contribution in [2.24, 2.45) is 7.05 Å². The van der Waals surface area contributed by atoms with Gasteiger partial charge in [0.05, 0.1) is 27.9 Å². The van der Waals surface area contributed by atoms with E-state index in [0.29, 0.717) is 0 Å². The van der Waals surface area contributed by atoms with E-state index in [-0.39, 0.29) is 39.0 Å². The third kappa shape index (κ3) is 4.11. The van der Waals surface area contributed by atoms with Gasteiger partial charge in [-0.05, 0) is 18.2 Å². The Balaban J connectivity index is 2.29. The van der Waals surface area contributed by atoms with Crippen LogP contribution in [0, 0.1) is 0 Å². The number of rotatable bonds is 4. The molecule has 0 saturated heterocycles. The van der Waals surface area contributed by atoms with Crippen molar-refractivity contribution in [3.8, 4) is 11.5 Å². The predicted octanol–water partition coefficient (Wildman–Crippen LogP) is 2.96. The summed E-state index contributed by atoms with van der Waals surface area (Å²) in [7, 11) is 2.32. The summed E-state index contributed by atoms with van der Waals surface area (Å²) in [6.07, 6.45) is -3.63. The summed E-state index contributed by atoms with van der Waals surface area (Å²) in [5, 5.41) is 0. The van der Waals surface area contributed by atoms with E-state index >= 15 is 0 Å². The Kier molecular flexibility index (Phi) is 5.89. The number of alkyl halides is 3. The molecule has 172 valence electrons. The van der Waals surface area contributed by atoms with E-state index in [1.165, 1.54) is 47.5 Å². The summed E-state index contributed by atoms with van der Waals surface area (Å²) < 4.78 is 66.0. The Morgan fingerprint density at radius 1 is 1.16 bits per heavy atom. The molecule has 2 amide bonds. The van der Waals surface area contributed by atoms with Gasteiger partial charge in [-0.2, -0.15) is 13.2 Å². The van der Waals surface area contributed by atoms with Gasteiger partial charge in [0.25, 0.3) is 0 Å². The number of hydrogen-bond acceptors (Lipinski definition) is 6. The van der Waals surface area contributed by atoms with Crippen LogP contribution < -0.4 is 4.90 Å². The number of anilines is 1. The van der Waals surface area contributed by atoms with Crippen LogP contribution in [0.3, 0.4) is 0 Å². The number of fused-ring (bicyclic) bond motifs is 1. The molecule has 0 saturated carbocycles. The van der Waals surface area contributed by atoms with Gasteiger partial charge in [0.15, 0.2) is 15.7 Å². The Morgan fingerprint density at radius 3 is 2.38 bits per heavy atom. The zero-order chi connectivity index (χ0) is 24.0. The van der Waals surface area contributed by atoms with Crippen LogP contribution >= 0.6 is 0 Å². The van der Waals surface area contributed by atoms with Crippen LogP contribution in [0.15, 0.2) is 29.3 Å². The summed E-state index contributed by atoms with van der Waals surface area (Å²) in [5.74, 6) is -0.0485. The van der Waals surface area contributed by atoms with Crippen molar-refractivity contribution < 1.29 is 26.4 Å². The van der Waals surface area contributed by atoms with E-state index in [2.05, 4.69) is 15.0 Å². The maximum Gasteiger partial charge on any atom is 0.433 e. The third-order valence-electron chi connectivity index (χ3n) is 4.84. The first-order valence-electron chi connectivity index (χ1n) is 9.36. The number of carbonyl (C=O) groups excluding carboxylic acids is 1. The molecule has 0 aliphatic heterocycles.